The zero-order valence-electron chi connectivity index (χ0n) is 32.1. The first kappa shape index (κ1) is 49.2. The van der Waals surface area contributed by atoms with E-state index in [1.54, 1.807) is 0 Å². The van der Waals surface area contributed by atoms with Crippen LogP contribution in [0.15, 0.2) is 36.5 Å². The van der Waals surface area contributed by atoms with E-state index >= 15 is 0 Å². The fourth-order valence-electron chi connectivity index (χ4n) is 5.18. The number of carbonyl (C=O) groups excluding carboxylic acids is 2. The van der Waals surface area contributed by atoms with Gasteiger partial charge in [-0.25, -0.2) is 4.57 Å². The number of phosphoric acid groups is 1. The van der Waals surface area contributed by atoms with Crippen molar-refractivity contribution in [1.29, 1.82) is 0 Å². The van der Waals surface area contributed by atoms with E-state index in [-0.39, 0.29) is 19.4 Å². The smallest absolute Gasteiger partial charge is 0.462 e. The highest BCUT2D eigenvalue weighted by Crippen LogP contribution is 2.43. The van der Waals surface area contributed by atoms with Gasteiger partial charge in [0.05, 0.1) is 19.8 Å². The Labute approximate surface area is 310 Å². The van der Waals surface area contributed by atoms with Gasteiger partial charge in [-0.15, -0.1) is 0 Å². The summed E-state index contributed by atoms with van der Waals surface area (Å²) in [7, 11) is -4.61. The molecule has 3 atom stereocenters. The van der Waals surface area contributed by atoms with E-state index in [2.05, 4.69) is 54.8 Å². The zero-order chi connectivity index (χ0) is 37.7. The highest BCUT2D eigenvalue weighted by molar-refractivity contribution is 7.47. The first-order valence-corrected chi connectivity index (χ1v) is 21.4. The highest BCUT2D eigenvalue weighted by atomic mass is 31.2. The number of hydrogen-bond donors (Lipinski definition) is 3. The molecule has 0 heterocycles. The molecular weight excluding hydrogens is 671 g/mol. The maximum absolute atomic E-state index is 12.5. The molecule has 0 saturated heterocycles. The van der Waals surface area contributed by atoms with Gasteiger partial charge < -0.3 is 24.6 Å². The van der Waals surface area contributed by atoms with Gasteiger partial charge >= 0.3 is 19.8 Å². The van der Waals surface area contributed by atoms with Gasteiger partial charge in [-0.1, -0.05) is 140 Å². The van der Waals surface area contributed by atoms with E-state index in [4.69, 9.17) is 19.1 Å². The number of aliphatic hydroxyl groups is 2. The molecule has 0 aromatic rings. The van der Waals surface area contributed by atoms with Crippen molar-refractivity contribution < 1.29 is 47.8 Å². The molecule has 0 saturated carbocycles. The Hall–Kier alpha value is -1.81. The van der Waals surface area contributed by atoms with Crippen LogP contribution in [0, 0.1) is 0 Å². The van der Waals surface area contributed by atoms with Crippen molar-refractivity contribution in [2.45, 2.75) is 180 Å². The monoisotopic (exact) mass is 744 g/mol. The molecule has 51 heavy (non-hydrogen) atoms. The standard InChI is InChI=1S/C40H73O10P/c1-3-5-7-9-11-13-15-16-17-18-19-20-22-23-25-27-29-31-39(43)47-35-38(36-49-51(45,46)48-34-37(42)33-41)50-40(44)32-30-28-26-24-21-14-12-10-8-6-4-2/h11,13,16-17,19-20,37-38,41-42H,3-10,12,14-15,18,21-36H2,1-2H3,(H,45,46)/b13-11-,17-16-,20-19-/t37-,38+/m0/s1. The largest absolute Gasteiger partial charge is 0.472 e. The van der Waals surface area contributed by atoms with Gasteiger partial charge in [-0.05, 0) is 51.4 Å². The third kappa shape index (κ3) is 36.3. The van der Waals surface area contributed by atoms with Crippen LogP contribution >= 0.6 is 7.82 Å². The summed E-state index contributed by atoms with van der Waals surface area (Å²) in [6.07, 6.45) is 35.4. The molecule has 0 aliphatic heterocycles. The van der Waals surface area contributed by atoms with Crippen molar-refractivity contribution in [2.75, 3.05) is 26.4 Å². The first-order valence-electron chi connectivity index (χ1n) is 19.9. The van der Waals surface area contributed by atoms with Gasteiger partial charge in [0.1, 0.15) is 12.7 Å². The third-order valence-corrected chi connectivity index (χ3v) is 9.25. The normalized spacial score (nSPS) is 14.4. The molecule has 0 fully saturated rings. The summed E-state index contributed by atoms with van der Waals surface area (Å²) in [5.41, 5.74) is 0. The van der Waals surface area contributed by atoms with Gasteiger partial charge in [0.15, 0.2) is 6.10 Å². The fraction of sp³-hybridized carbons (Fsp3) is 0.800. The highest BCUT2D eigenvalue weighted by Gasteiger charge is 2.27. The molecule has 298 valence electrons. The van der Waals surface area contributed by atoms with E-state index < -0.39 is 51.8 Å². The number of carbonyl (C=O) groups is 2. The first-order chi connectivity index (χ1) is 24.7. The Morgan fingerprint density at radius 3 is 1.57 bits per heavy atom. The number of rotatable bonds is 37. The second-order valence-corrected chi connectivity index (χ2v) is 14.8. The summed E-state index contributed by atoms with van der Waals surface area (Å²) in [5, 5.41) is 18.3. The van der Waals surface area contributed by atoms with E-state index in [1.165, 1.54) is 70.6 Å². The van der Waals surface area contributed by atoms with Crippen LogP contribution in [0.2, 0.25) is 0 Å². The molecule has 0 rings (SSSR count). The lowest BCUT2D eigenvalue weighted by Crippen LogP contribution is -2.29. The topological polar surface area (TPSA) is 149 Å². The Bertz CT molecular complexity index is 952. The van der Waals surface area contributed by atoms with Gasteiger partial charge in [-0.2, -0.15) is 0 Å². The summed E-state index contributed by atoms with van der Waals surface area (Å²) in [4.78, 5) is 34.8. The lowest BCUT2D eigenvalue weighted by molar-refractivity contribution is -0.161. The lowest BCUT2D eigenvalue weighted by Gasteiger charge is -2.20. The maximum atomic E-state index is 12.5. The molecular formula is C40H73O10P. The Balaban J connectivity index is 4.36. The molecule has 0 aliphatic carbocycles. The minimum atomic E-state index is -4.61. The molecule has 0 spiro atoms. The number of unbranched alkanes of at least 4 members (excludes halogenated alkanes) is 17. The molecule has 11 heteroatoms. The summed E-state index contributed by atoms with van der Waals surface area (Å²) in [6, 6.07) is 0. The van der Waals surface area contributed by atoms with Crippen LogP contribution in [-0.4, -0.2) is 65.7 Å². The van der Waals surface area contributed by atoms with E-state index in [1.807, 2.05) is 0 Å². The van der Waals surface area contributed by atoms with Crippen LogP contribution < -0.4 is 0 Å². The second-order valence-electron chi connectivity index (χ2n) is 13.3. The van der Waals surface area contributed by atoms with Crippen LogP contribution in [0.4, 0.5) is 0 Å². The predicted octanol–water partition coefficient (Wildman–Crippen LogP) is 10.00. The predicted molar refractivity (Wildman–Crippen MR) is 205 cm³/mol. The van der Waals surface area contributed by atoms with Crippen LogP contribution in [0.5, 0.6) is 0 Å². The van der Waals surface area contributed by atoms with Gasteiger partial charge in [0.2, 0.25) is 0 Å². The quantitative estimate of drug-likeness (QED) is 0.0243. The summed E-state index contributed by atoms with van der Waals surface area (Å²) >= 11 is 0. The summed E-state index contributed by atoms with van der Waals surface area (Å²) in [5.74, 6) is -0.950. The molecule has 0 radical (unpaired) electrons. The van der Waals surface area contributed by atoms with Gasteiger partial charge in [-0.3, -0.25) is 18.6 Å². The van der Waals surface area contributed by atoms with Crippen molar-refractivity contribution in [3.8, 4) is 0 Å². The molecule has 0 aromatic heterocycles. The number of ether oxygens (including phenoxy) is 2. The van der Waals surface area contributed by atoms with Crippen LogP contribution in [0.1, 0.15) is 168 Å². The average Bonchev–Trinajstić information content (AvgIpc) is 3.12. The van der Waals surface area contributed by atoms with Crippen molar-refractivity contribution in [3.05, 3.63) is 36.5 Å². The van der Waals surface area contributed by atoms with Gasteiger partial charge in [0.25, 0.3) is 0 Å². The lowest BCUT2D eigenvalue weighted by atomic mass is 10.1. The van der Waals surface area contributed by atoms with Crippen LogP contribution in [-0.2, 0) is 32.7 Å². The average molecular weight is 745 g/mol. The minimum absolute atomic E-state index is 0.181. The zero-order valence-corrected chi connectivity index (χ0v) is 33.0. The second kappa shape index (κ2) is 36.5. The van der Waals surface area contributed by atoms with Crippen LogP contribution in [0.3, 0.4) is 0 Å². The minimum Gasteiger partial charge on any atom is -0.462 e. The number of esters is 2. The number of allylic oxidation sites excluding steroid dienone is 6. The number of aliphatic hydroxyl groups excluding tert-OH is 2. The van der Waals surface area contributed by atoms with E-state index in [0.29, 0.717) is 12.8 Å². The molecule has 0 aliphatic rings. The third-order valence-electron chi connectivity index (χ3n) is 8.30. The fourth-order valence-corrected chi connectivity index (χ4v) is 5.96. The van der Waals surface area contributed by atoms with Crippen LogP contribution in [0.25, 0.3) is 0 Å². The van der Waals surface area contributed by atoms with Gasteiger partial charge in [0, 0.05) is 12.8 Å². The molecule has 0 aromatic carbocycles. The molecule has 3 N–H and O–H groups in total. The number of hydrogen-bond acceptors (Lipinski definition) is 9. The van der Waals surface area contributed by atoms with E-state index in [9.17, 15) is 24.2 Å². The Morgan fingerprint density at radius 2 is 1.02 bits per heavy atom. The molecule has 0 bridgehead atoms. The maximum Gasteiger partial charge on any atom is 0.472 e. The van der Waals surface area contributed by atoms with Crippen molar-refractivity contribution in [1.82, 2.24) is 0 Å². The molecule has 1 unspecified atom stereocenters. The molecule has 0 amide bonds. The molecule has 10 nitrogen and oxygen atoms in total. The van der Waals surface area contributed by atoms with Crippen molar-refractivity contribution >= 4 is 19.8 Å². The van der Waals surface area contributed by atoms with Crippen molar-refractivity contribution in [3.63, 3.8) is 0 Å². The number of phosphoric ester groups is 1. The van der Waals surface area contributed by atoms with Crippen molar-refractivity contribution in [2.24, 2.45) is 0 Å². The Kier molecular flexibility index (Phi) is 35.2. The Morgan fingerprint density at radius 1 is 0.588 bits per heavy atom. The van der Waals surface area contributed by atoms with E-state index in [0.717, 1.165) is 57.8 Å². The SMILES string of the molecule is CCCCC/C=C\C/C=C\C/C=C\CCCCCCC(=O)OC[C@H](COP(=O)(O)OC[C@@H](O)CO)OC(=O)CCCCCCCCCCCCC. The summed E-state index contributed by atoms with van der Waals surface area (Å²) < 4.78 is 32.6. The summed E-state index contributed by atoms with van der Waals surface area (Å²) in [6.45, 7) is 2.30.